The van der Waals surface area contributed by atoms with Gasteiger partial charge >= 0.3 is 0 Å². The molecule has 1 fully saturated rings. The molecule has 0 aliphatic carbocycles. The van der Waals surface area contributed by atoms with Crippen LogP contribution in [0.2, 0.25) is 0 Å². The molecule has 0 radical (unpaired) electrons. The van der Waals surface area contributed by atoms with Gasteiger partial charge in [-0.05, 0) is 19.8 Å². The molecule has 1 rings (SSSR count). The van der Waals surface area contributed by atoms with Gasteiger partial charge in [0, 0.05) is 6.42 Å². The molecule has 66 valence electrons. The first-order valence-corrected chi connectivity index (χ1v) is 4.01. The lowest BCUT2D eigenvalue weighted by molar-refractivity contribution is -0.312. The predicted molar refractivity (Wildman–Crippen MR) is 42.1 cm³/mol. The van der Waals surface area contributed by atoms with Gasteiger partial charge < -0.3 is 4.79 Å². The zero-order valence-electron chi connectivity index (χ0n) is 7.26. The van der Waals surface area contributed by atoms with Crippen LogP contribution in [0.25, 0.3) is 0 Å². The summed E-state index contributed by atoms with van der Waals surface area (Å²) in [4.78, 5) is 19.0. The Morgan fingerprint density at radius 1 is 1.27 bits per heavy atom. The van der Waals surface area contributed by atoms with E-state index in [0.29, 0.717) is 6.42 Å². The largest absolute Gasteiger partial charge is 0.300 e. The van der Waals surface area contributed by atoms with Crippen molar-refractivity contribution < 1.29 is 14.6 Å². The lowest BCUT2D eigenvalue weighted by Crippen LogP contribution is -2.05. The van der Waals surface area contributed by atoms with Gasteiger partial charge in [0.05, 0.1) is 13.2 Å². The van der Waals surface area contributed by atoms with Crippen molar-refractivity contribution in [2.75, 3.05) is 13.2 Å². The van der Waals surface area contributed by atoms with E-state index in [9.17, 15) is 4.79 Å². The van der Waals surface area contributed by atoms with Gasteiger partial charge in [0.1, 0.15) is 5.78 Å². The highest BCUT2D eigenvalue weighted by atomic mass is 17.2. The molecular weight excluding hydrogens is 144 g/mol. The fourth-order valence-corrected chi connectivity index (χ4v) is 0.440. The minimum absolute atomic E-state index is 0.255. The summed E-state index contributed by atoms with van der Waals surface area (Å²) in [6, 6.07) is 0. The van der Waals surface area contributed by atoms with E-state index in [-0.39, 0.29) is 5.78 Å². The van der Waals surface area contributed by atoms with E-state index in [1.165, 1.54) is 0 Å². The van der Waals surface area contributed by atoms with E-state index >= 15 is 0 Å². The average molecular weight is 160 g/mol. The van der Waals surface area contributed by atoms with E-state index in [2.05, 4.69) is 9.78 Å². The quantitative estimate of drug-likeness (QED) is 0.548. The van der Waals surface area contributed by atoms with Gasteiger partial charge in [-0.3, -0.25) is 0 Å². The third kappa shape index (κ3) is 9.59. The molecule has 1 aliphatic rings. The third-order valence-corrected chi connectivity index (χ3v) is 1.29. The molecule has 3 nitrogen and oxygen atoms in total. The van der Waals surface area contributed by atoms with Gasteiger partial charge in [0.15, 0.2) is 0 Å². The number of hydrogen-bond acceptors (Lipinski definition) is 3. The average Bonchev–Trinajstić information content (AvgIpc) is 2.09. The minimum Gasteiger partial charge on any atom is -0.300 e. The smallest absolute Gasteiger partial charge is 0.129 e. The molecule has 0 N–H and O–H groups in total. The Kier molecular flexibility index (Phi) is 7.41. The van der Waals surface area contributed by atoms with Crippen LogP contribution in [-0.4, -0.2) is 19.0 Å². The van der Waals surface area contributed by atoms with Crippen LogP contribution < -0.4 is 0 Å². The zero-order valence-corrected chi connectivity index (χ0v) is 7.26. The van der Waals surface area contributed by atoms with Crippen LogP contribution in [0.4, 0.5) is 0 Å². The van der Waals surface area contributed by atoms with Crippen molar-refractivity contribution in [3.8, 4) is 0 Å². The van der Waals surface area contributed by atoms with E-state index in [1.54, 1.807) is 6.92 Å². The second-order valence-electron chi connectivity index (χ2n) is 2.41. The summed E-state index contributed by atoms with van der Waals surface area (Å²) in [7, 11) is 0. The van der Waals surface area contributed by atoms with Gasteiger partial charge in [-0.15, -0.1) is 0 Å². The Morgan fingerprint density at radius 3 is 1.73 bits per heavy atom. The zero-order chi connectivity index (χ0) is 8.53. The van der Waals surface area contributed by atoms with Gasteiger partial charge in [-0.25, -0.2) is 9.78 Å². The first-order chi connectivity index (χ1) is 5.27. The van der Waals surface area contributed by atoms with Gasteiger partial charge in [-0.1, -0.05) is 6.92 Å². The normalized spacial score (nSPS) is 16.5. The molecule has 0 amide bonds. The van der Waals surface area contributed by atoms with Gasteiger partial charge in [0.2, 0.25) is 0 Å². The molecule has 0 saturated carbocycles. The summed E-state index contributed by atoms with van der Waals surface area (Å²) >= 11 is 0. The summed E-state index contributed by atoms with van der Waals surface area (Å²) in [5.41, 5.74) is 0. The summed E-state index contributed by atoms with van der Waals surface area (Å²) in [5.74, 6) is 0.255. The number of Topliss-reactive ketones (excluding diaryl/α,β-unsaturated/α-hetero) is 1. The van der Waals surface area contributed by atoms with Crippen LogP contribution >= 0.6 is 0 Å². The Bertz CT molecular complexity index is 86.0. The fraction of sp³-hybridized carbons (Fsp3) is 0.875. The van der Waals surface area contributed by atoms with E-state index in [4.69, 9.17) is 0 Å². The first-order valence-electron chi connectivity index (χ1n) is 4.01. The number of carbonyl (C=O) groups excluding carboxylic acids is 1. The molecule has 0 bridgehead atoms. The molecule has 0 unspecified atom stereocenters. The predicted octanol–water partition coefficient (Wildman–Crippen LogP) is 1.71. The van der Waals surface area contributed by atoms with Crippen molar-refractivity contribution in [2.24, 2.45) is 0 Å². The number of carbonyl (C=O) groups is 1. The Morgan fingerprint density at radius 2 is 1.64 bits per heavy atom. The van der Waals surface area contributed by atoms with Crippen molar-refractivity contribution in [1.29, 1.82) is 0 Å². The summed E-state index contributed by atoms with van der Waals surface area (Å²) < 4.78 is 0. The monoisotopic (exact) mass is 160 g/mol. The second kappa shape index (κ2) is 7.69. The van der Waals surface area contributed by atoms with Crippen LogP contribution in [0.5, 0.6) is 0 Å². The highest BCUT2D eigenvalue weighted by molar-refractivity contribution is 5.74. The molecule has 11 heavy (non-hydrogen) atoms. The highest BCUT2D eigenvalue weighted by Gasteiger charge is 1.95. The van der Waals surface area contributed by atoms with Crippen LogP contribution in [0, 0.1) is 0 Å². The van der Waals surface area contributed by atoms with Crippen LogP contribution in [0.15, 0.2) is 0 Å². The number of rotatable bonds is 1. The topological polar surface area (TPSA) is 35.5 Å². The van der Waals surface area contributed by atoms with Crippen molar-refractivity contribution in [3.05, 3.63) is 0 Å². The van der Waals surface area contributed by atoms with Crippen LogP contribution in [0.3, 0.4) is 0 Å². The van der Waals surface area contributed by atoms with E-state index < -0.39 is 0 Å². The summed E-state index contributed by atoms with van der Waals surface area (Å²) in [6.07, 6.45) is 2.97. The summed E-state index contributed by atoms with van der Waals surface area (Å²) in [6.45, 7) is 4.99. The fourth-order valence-electron chi connectivity index (χ4n) is 0.440. The highest BCUT2D eigenvalue weighted by Crippen LogP contribution is 1.97. The lowest BCUT2D eigenvalue weighted by Gasteiger charge is -2.07. The van der Waals surface area contributed by atoms with Crippen molar-refractivity contribution in [3.63, 3.8) is 0 Å². The third-order valence-electron chi connectivity index (χ3n) is 1.29. The minimum atomic E-state index is 0.255. The maximum absolute atomic E-state index is 9.81. The van der Waals surface area contributed by atoms with Crippen LogP contribution in [-0.2, 0) is 14.6 Å². The standard InChI is InChI=1S/C4H8O2.C4H8O/c1-2-4-6-5-3-1;1-3-4(2)5/h1-4H2;3H2,1-2H3. The molecule has 0 spiro atoms. The molecule has 1 heterocycles. The molecular formula is C8H16O3. The van der Waals surface area contributed by atoms with Gasteiger partial charge in [-0.2, -0.15) is 0 Å². The van der Waals surface area contributed by atoms with E-state index in [0.717, 1.165) is 26.1 Å². The van der Waals surface area contributed by atoms with Crippen molar-refractivity contribution in [1.82, 2.24) is 0 Å². The van der Waals surface area contributed by atoms with Crippen molar-refractivity contribution in [2.45, 2.75) is 33.1 Å². The number of hydrogen-bond donors (Lipinski definition) is 0. The summed E-state index contributed by atoms with van der Waals surface area (Å²) in [5, 5.41) is 0. The SMILES string of the molecule is C1CCOOC1.CCC(C)=O. The molecule has 0 aromatic rings. The Hall–Kier alpha value is -0.410. The van der Waals surface area contributed by atoms with E-state index in [1.807, 2.05) is 6.92 Å². The molecule has 1 aliphatic heterocycles. The molecule has 0 atom stereocenters. The molecule has 1 saturated heterocycles. The number of ketones is 1. The maximum Gasteiger partial charge on any atom is 0.129 e. The molecule has 3 heteroatoms. The first kappa shape index (κ1) is 10.6. The lowest BCUT2D eigenvalue weighted by atomic mass is 10.3. The molecule has 0 aromatic carbocycles. The van der Waals surface area contributed by atoms with Gasteiger partial charge in [0.25, 0.3) is 0 Å². The van der Waals surface area contributed by atoms with Crippen molar-refractivity contribution >= 4 is 5.78 Å². The Balaban J connectivity index is 0.000000187. The maximum atomic E-state index is 9.81. The second-order valence-corrected chi connectivity index (χ2v) is 2.41. The molecule has 0 aromatic heterocycles. The van der Waals surface area contributed by atoms with Crippen LogP contribution in [0.1, 0.15) is 33.1 Å². The Labute approximate surface area is 67.6 Å².